The van der Waals surface area contributed by atoms with Crippen LogP contribution in [0.5, 0.6) is 0 Å². The number of rotatable bonds is 2. The van der Waals surface area contributed by atoms with Crippen molar-refractivity contribution in [3.8, 4) is 0 Å². The molecule has 144 valence electrons. The molecule has 0 bridgehead atoms. The highest BCUT2D eigenvalue weighted by molar-refractivity contribution is 5.73. The lowest BCUT2D eigenvalue weighted by Gasteiger charge is -2.43. The summed E-state index contributed by atoms with van der Waals surface area (Å²) in [7, 11) is 0. The quantitative estimate of drug-likeness (QED) is 0.771. The van der Waals surface area contributed by atoms with E-state index in [1.165, 1.54) is 69.2 Å². The second-order valence-corrected chi connectivity index (χ2v) is 9.14. The van der Waals surface area contributed by atoms with Gasteiger partial charge >= 0.3 is 0 Å². The third-order valence-electron chi connectivity index (χ3n) is 7.31. The second kappa shape index (κ2) is 7.34. The van der Waals surface area contributed by atoms with Crippen LogP contribution in [0.2, 0.25) is 0 Å². The zero-order valence-electron chi connectivity index (χ0n) is 16.5. The fourth-order valence-electron chi connectivity index (χ4n) is 5.96. The van der Waals surface area contributed by atoms with E-state index in [1.807, 2.05) is 0 Å². The van der Waals surface area contributed by atoms with Crippen LogP contribution in [0.15, 0.2) is 24.3 Å². The Bertz CT molecular complexity index is 654. The predicted molar refractivity (Wildman–Crippen MR) is 108 cm³/mol. The minimum absolute atomic E-state index is 0. The zero-order chi connectivity index (χ0) is 18.1. The Kier molecular flexibility index (Phi) is 5.09. The average molecular weight is 357 g/mol. The maximum Gasteiger partial charge on any atom is 0.217 e. The van der Waals surface area contributed by atoms with E-state index >= 15 is 0 Å². The van der Waals surface area contributed by atoms with Gasteiger partial charge in [-0.3, -0.25) is 4.79 Å². The van der Waals surface area contributed by atoms with Gasteiger partial charge in [0.25, 0.3) is 0 Å². The molecule has 2 aliphatic carbocycles. The SMILES string of the molecule is CC(=O)NC1CC2(CCN(C3CCCCC(C)C3)CC2)c2ccccc21.[HH]. The molecule has 3 atom stereocenters. The first-order valence-corrected chi connectivity index (χ1v) is 10.7. The fraction of sp³-hybridized carbons (Fsp3) is 0.696. The molecule has 1 spiro atoms. The number of nitrogens with one attached hydrogen (secondary N) is 1. The van der Waals surface area contributed by atoms with Crippen molar-refractivity contribution in [2.75, 3.05) is 13.1 Å². The summed E-state index contributed by atoms with van der Waals surface area (Å²) in [6.07, 6.45) is 10.6. The van der Waals surface area contributed by atoms with E-state index in [9.17, 15) is 4.79 Å². The number of hydrogen-bond acceptors (Lipinski definition) is 2. The molecule has 1 saturated carbocycles. The number of hydrogen-bond donors (Lipinski definition) is 1. The van der Waals surface area contributed by atoms with Crippen LogP contribution in [0.1, 0.15) is 83.8 Å². The summed E-state index contributed by atoms with van der Waals surface area (Å²) in [6.45, 7) is 6.52. The van der Waals surface area contributed by atoms with Gasteiger partial charge in [0.2, 0.25) is 5.91 Å². The molecule has 0 aromatic heterocycles. The van der Waals surface area contributed by atoms with Gasteiger partial charge < -0.3 is 10.2 Å². The minimum Gasteiger partial charge on any atom is -0.349 e. The molecule has 3 nitrogen and oxygen atoms in total. The predicted octanol–water partition coefficient (Wildman–Crippen LogP) is 4.82. The Labute approximate surface area is 160 Å². The molecular formula is C23H36N2O. The minimum atomic E-state index is 0. The molecule has 0 radical (unpaired) electrons. The number of piperidine rings is 1. The van der Waals surface area contributed by atoms with Crippen molar-refractivity contribution >= 4 is 5.91 Å². The standard InChI is InChI=1S/C23H34N2O.H2/c1-17-7-3-4-8-19(15-17)25-13-11-23(12-14-25)16-22(24-18(2)26)20-9-5-6-10-21(20)23;/h5-6,9-10,17,19,22H,3-4,7-8,11-16H2,1-2H3,(H,24,26);1H. The summed E-state index contributed by atoms with van der Waals surface area (Å²) in [5.74, 6) is 0.974. The van der Waals surface area contributed by atoms with Crippen LogP contribution in [0.25, 0.3) is 0 Å². The average Bonchev–Trinajstić information content (AvgIpc) is 2.77. The third kappa shape index (κ3) is 3.43. The molecule has 1 saturated heterocycles. The molecule has 26 heavy (non-hydrogen) atoms. The van der Waals surface area contributed by atoms with Gasteiger partial charge in [0.15, 0.2) is 0 Å². The summed E-state index contributed by atoms with van der Waals surface area (Å²) in [5.41, 5.74) is 3.14. The molecule has 3 unspecified atom stereocenters. The van der Waals surface area contributed by atoms with Crippen molar-refractivity contribution < 1.29 is 6.22 Å². The van der Waals surface area contributed by atoms with Gasteiger partial charge in [0.1, 0.15) is 0 Å². The van der Waals surface area contributed by atoms with Gasteiger partial charge in [-0.1, -0.05) is 50.5 Å². The largest absolute Gasteiger partial charge is 0.349 e. The molecule has 1 aromatic carbocycles. The molecule has 3 aliphatic rings. The van der Waals surface area contributed by atoms with Crippen LogP contribution < -0.4 is 5.32 Å². The molecule has 1 aromatic rings. The van der Waals surface area contributed by atoms with E-state index in [2.05, 4.69) is 41.4 Å². The Balaban J connectivity index is 0.00000210. The van der Waals surface area contributed by atoms with Crippen molar-refractivity contribution in [3.05, 3.63) is 35.4 Å². The van der Waals surface area contributed by atoms with Crippen LogP contribution in [0, 0.1) is 5.92 Å². The lowest BCUT2D eigenvalue weighted by Crippen LogP contribution is -2.46. The first-order valence-electron chi connectivity index (χ1n) is 10.7. The van der Waals surface area contributed by atoms with Crippen LogP contribution in [-0.4, -0.2) is 29.9 Å². The number of fused-ring (bicyclic) bond motifs is 2. The molecule has 3 heteroatoms. The smallest absolute Gasteiger partial charge is 0.217 e. The number of benzene rings is 1. The van der Waals surface area contributed by atoms with Crippen LogP contribution in [0.4, 0.5) is 0 Å². The Morgan fingerprint density at radius 1 is 1.19 bits per heavy atom. The maximum absolute atomic E-state index is 11.7. The number of carbonyl (C=O) groups is 1. The van der Waals surface area contributed by atoms with Crippen LogP contribution in [-0.2, 0) is 10.2 Å². The van der Waals surface area contributed by atoms with Crippen molar-refractivity contribution in [1.82, 2.24) is 10.2 Å². The van der Waals surface area contributed by atoms with E-state index < -0.39 is 0 Å². The summed E-state index contributed by atoms with van der Waals surface area (Å²) in [5, 5.41) is 3.21. The third-order valence-corrected chi connectivity index (χ3v) is 7.31. The van der Waals surface area contributed by atoms with Crippen molar-refractivity contribution in [2.24, 2.45) is 5.92 Å². The lowest BCUT2D eigenvalue weighted by atomic mass is 9.73. The fourth-order valence-corrected chi connectivity index (χ4v) is 5.96. The summed E-state index contributed by atoms with van der Waals surface area (Å²) >= 11 is 0. The van der Waals surface area contributed by atoms with E-state index in [1.54, 1.807) is 6.92 Å². The van der Waals surface area contributed by atoms with E-state index in [0.717, 1.165) is 18.4 Å². The molecule has 1 heterocycles. The Hall–Kier alpha value is -1.35. The Morgan fingerprint density at radius 3 is 2.69 bits per heavy atom. The van der Waals surface area contributed by atoms with Gasteiger partial charge in [0, 0.05) is 19.8 Å². The van der Waals surface area contributed by atoms with E-state index in [-0.39, 0.29) is 18.8 Å². The Morgan fingerprint density at radius 2 is 1.92 bits per heavy atom. The highest BCUT2D eigenvalue weighted by Gasteiger charge is 2.46. The molecule has 1 amide bonds. The van der Waals surface area contributed by atoms with Gasteiger partial charge in [-0.25, -0.2) is 0 Å². The molecule has 1 N–H and O–H groups in total. The molecular weight excluding hydrogens is 320 g/mol. The van der Waals surface area contributed by atoms with Gasteiger partial charge in [-0.05, 0) is 62.2 Å². The van der Waals surface area contributed by atoms with E-state index in [0.29, 0.717) is 0 Å². The maximum atomic E-state index is 11.7. The summed E-state index contributed by atoms with van der Waals surface area (Å²) in [6, 6.07) is 9.84. The number of amides is 1. The lowest BCUT2D eigenvalue weighted by molar-refractivity contribution is -0.119. The normalized spacial score (nSPS) is 31.4. The zero-order valence-corrected chi connectivity index (χ0v) is 16.5. The van der Waals surface area contributed by atoms with Crippen molar-refractivity contribution in [3.63, 3.8) is 0 Å². The monoisotopic (exact) mass is 356 g/mol. The van der Waals surface area contributed by atoms with Gasteiger partial charge in [0.05, 0.1) is 6.04 Å². The molecule has 4 rings (SSSR count). The van der Waals surface area contributed by atoms with Gasteiger partial charge in [-0.15, -0.1) is 0 Å². The highest BCUT2D eigenvalue weighted by atomic mass is 16.1. The van der Waals surface area contributed by atoms with Gasteiger partial charge in [-0.2, -0.15) is 0 Å². The number of nitrogens with zero attached hydrogens (tertiary/aromatic N) is 1. The topological polar surface area (TPSA) is 32.3 Å². The first kappa shape index (κ1) is 18.0. The number of likely N-dealkylation sites (tertiary alicyclic amines) is 1. The summed E-state index contributed by atoms with van der Waals surface area (Å²) in [4.78, 5) is 14.5. The highest BCUT2D eigenvalue weighted by Crippen LogP contribution is 2.51. The van der Waals surface area contributed by atoms with Crippen molar-refractivity contribution in [2.45, 2.75) is 82.7 Å². The van der Waals surface area contributed by atoms with Crippen LogP contribution >= 0.6 is 0 Å². The second-order valence-electron chi connectivity index (χ2n) is 9.14. The van der Waals surface area contributed by atoms with Crippen molar-refractivity contribution in [1.29, 1.82) is 0 Å². The number of carbonyl (C=O) groups excluding carboxylic acids is 1. The molecule has 2 fully saturated rings. The molecule has 1 aliphatic heterocycles. The summed E-state index contributed by atoms with van der Waals surface area (Å²) < 4.78 is 0. The van der Waals surface area contributed by atoms with Crippen LogP contribution in [0.3, 0.4) is 0 Å². The first-order chi connectivity index (χ1) is 12.6. The van der Waals surface area contributed by atoms with E-state index in [4.69, 9.17) is 0 Å².